The lowest BCUT2D eigenvalue weighted by Crippen LogP contribution is -2.03. The van der Waals surface area contributed by atoms with Gasteiger partial charge in [0.25, 0.3) is 0 Å². The van der Waals surface area contributed by atoms with Crippen LogP contribution in [0.2, 0.25) is 0 Å². The quantitative estimate of drug-likeness (QED) is 0.0253. The first kappa shape index (κ1) is 99.2. The zero-order valence-corrected chi connectivity index (χ0v) is 84.2. The van der Waals surface area contributed by atoms with Gasteiger partial charge >= 0.3 is 0 Å². The fourth-order valence-corrected chi connectivity index (χ4v) is 20.8. The molecule has 0 saturated carbocycles. The SMILES string of the molecule is C#CCn1c2ccccc2c2ccncc21.C=CCn1c2ccccc2c2ccncc21.CC(C)Cn1c2ccccc2c2ccncc21.CCCCCCCCCCCCCCn1c2ccccc2c2ccncc21.CCCCCCn1c2ccccc2c2ccncc21.CCCn1c2ccccc2c2ccncc21.CCn1c2ccccc2c2ccncc21.COCCn1c2ccccc2c2ccncc21. The van der Waals surface area contributed by atoms with Gasteiger partial charge in [0.2, 0.25) is 0 Å². The van der Waals surface area contributed by atoms with E-state index in [4.69, 9.17) is 11.2 Å². The van der Waals surface area contributed by atoms with Crippen molar-refractivity contribution in [2.75, 3.05) is 13.7 Å². The molecule has 8 aromatic carbocycles. The standard InChI is InChI=1S/C25H36N2.C17H20N2.C15H16N2.C14H14N2O.C14H14N2.C14H12N2.C14H10N2.C13H12N2/c1-2-3-4-5-6-7-8-9-10-11-12-15-20-27-24-17-14-13-16-22(24)23-18-19-26-21-25(23)27;1-2-3-4-7-12-19-16-9-6-5-8-14(16)15-10-11-18-13-17(15)19;1-11(2)10-17-14-6-4-3-5-12(14)13-7-8-16-9-15(13)17;1-17-9-8-16-13-5-3-2-4-11(13)12-6-7-15-10-14(12)16;3*1-2-9-16-13-6-4-3-5-11(13)12-7-8-15-10-14(12)16;1-2-15-12-6-4-3-5-10(12)11-7-8-14-9-13(11)15/h13-14,16-19,21H,2-12,15,20H2,1H3;5-6,8-11,13H,2-4,7,12H2,1H3;3-9,11H,10H2,1-2H3;2-7,10H,8-9H2,1H3;3-8,10H,2,9H2,1H3;2-8,10H,1,9H2;1,3-8,10H,9H2;3-9H,2H2,1H3. The van der Waals surface area contributed by atoms with Crippen molar-refractivity contribution in [2.24, 2.45) is 5.92 Å². The van der Waals surface area contributed by atoms with Gasteiger partial charge < -0.3 is 41.3 Å². The number of pyridine rings is 8. The molecule has 24 aromatic rings. The maximum Gasteiger partial charge on any atom is 0.0841 e. The van der Waals surface area contributed by atoms with Gasteiger partial charge in [0.15, 0.2) is 0 Å². The van der Waals surface area contributed by atoms with Crippen LogP contribution in [0.1, 0.15) is 151 Å². The Balaban J connectivity index is 0.000000113. The Kier molecular flexibility index (Phi) is 34.4. The lowest BCUT2D eigenvalue weighted by molar-refractivity contribution is 0.189. The first-order chi connectivity index (χ1) is 70.7. The second-order valence-electron chi connectivity index (χ2n) is 37.3. The fourth-order valence-electron chi connectivity index (χ4n) is 20.8. The Morgan fingerprint density at radius 2 is 0.483 bits per heavy atom. The zero-order valence-electron chi connectivity index (χ0n) is 84.2. The molecule has 0 bridgehead atoms. The molecule has 0 aliphatic heterocycles. The summed E-state index contributed by atoms with van der Waals surface area (Å²) in [5, 5.41) is 20.7. The number of benzene rings is 8. The summed E-state index contributed by atoms with van der Waals surface area (Å²) in [6.45, 7) is 25.4. The highest BCUT2D eigenvalue weighted by Gasteiger charge is 2.18. The van der Waals surface area contributed by atoms with E-state index >= 15 is 0 Å². The first-order valence-electron chi connectivity index (χ1n) is 51.7. The number of fused-ring (bicyclic) bond motifs is 24. The van der Waals surface area contributed by atoms with Crippen molar-refractivity contribution in [3.8, 4) is 12.3 Å². The van der Waals surface area contributed by atoms with Crippen LogP contribution in [0, 0.1) is 18.3 Å². The number of ether oxygens (including phenoxy) is 1. The molecule has 724 valence electrons. The Bertz CT molecular complexity index is 7920. The number of hydrogen-bond acceptors (Lipinski definition) is 9. The second kappa shape index (κ2) is 49.6. The zero-order chi connectivity index (χ0) is 98.4. The van der Waals surface area contributed by atoms with Crippen molar-refractivity contribution in [1.29, 1.82) is 0 Å². The van der Waals surface area contributed by atoms with Gasteiger partial charge in [-0.05, 0) is 129 Å². The Labute approximate surface area is 839 Å². The first-order valence-corrected chi connectivity index (χ1v) is 51.7. The van der Waals surface area contributed by atoms with Gasteiger partial charge in [0.1, 0.15) is 0 Å². The van der Waals surface area contributed by atoms with Crippen molar-refractivity contribution in [2.45, 2.75) is 203 Å². The van der Waals surface area contributed by atoms with Gasteiger partial charge in [-0.3, -0.25) is 39.9 Å². The Morgan fingerprint density at radius 3 is 0.762 bits per heavy atom. The van der Waals surface area contributed by atoms with Gasteiger partial charge in [0, 0.05) is 227 Å². The van der Waals surface area contributed by atoms with Crippen molar-refractivity contribution in [3.63, 3.8) is 0 Å². The van der Waals surface area contributed by atoms with E-state index in [2.05, 4.69) is 355 Å². The summed E-state index contributed by atoms with van der Waals surface area (Å²) < 4.78 is 23.7. The maximum absolute atomic E-state index is 5.41. The van der Waals surface area contributed by atoms with Crippen LogP contribution in [-0.2, 0) is 57.1 Å². The summed E-state index contributed by atoms with van der Waals surface area (Å²) in [5.41, 5.74) is 19.9. The number of methoxy groups -OCH3 is 1. The number of allylic oxidation sites excluding steroid dienone is 1. The molecule has 0 fully saturated rings. The molecule has 0 N–H and O–H groups in total. The summed E-state index contributed by atoms with van der Waals surface area (Å²) in [4.78, 5) is 33.9. The lowest BCUT2D eigenvalue weighted by atomic mass is 10.1. The number of rotatable bonds is 29. The Morgan fingerprint density at radius 1 is 0.259 bits per heavy atom. The van der Waals surface area contributed by atoms with Crippen LogP contribution in [0.15, 0.2) is 354 Å². The third kappa shape index (κ3) is 22.5. The van der Waals surface area contributed by atoms with Gasteiger partial charge in [-0.1, -0.05) is 282 Å². The number of hydrogen-bond donors (Lipinski definition) is 0. The molecule has 24 rings (SSSR count). The molecule has 17 nitrogen and oxygen atoms in total. The number of nitrogens with zero attached hydrogens (tertiary/aromatic N) is 16. The van der Waals surface area contributed by atoms with Crippen LogP contribution in [0.4, 0.5) is 0 Å². The van der Waals surface area contributed by atoms with Crippen LogP contribution in [0.25, 0.3) is 174 Å². The maximum atomic E-state index is 5.41. The second-order valence-corrected chi connectivity index (χ2v) is 37.3. The minimum atomic E-state index is 0.579. The molecule has 0 aliphatic rings. The van der Waals surface area contributed by atoms with E-state index in [1.807, 2.05) is 123 Å². The molecular weight excluding hydrogens is 1750 g/mol. The predicted molar refractivity (Wildman–Crippen MR) is 605 cm³/mol. The highest BCUT2D eigenvalue weighted by molar-refractivity contribution is 6.14. The topological polar surface area (TPSA) is 152 Å². The van der Waals surface area contributed by atoms with E-state index in [0.717, 1.165) is 57.8 Å². The number of aryl methyl sites for hydroxylation is 4. The molecule has 0 radical (unpaired) electrons. The van der Waals surface area contributed by atoms with Crippen molar-refractivity contribution in [3.05, 3.63) is 354 Å². The molecule has 17 heteroatoms. The number of terminal acetylenes is 1. The number of para-hydroxylation sites is 8. The number of aromatic nitrogens is 16. The van der Waals surface area contributed by atoms with Gasteiger partial charge in [0.05, 0.1) is 112 Å². The van der Waals surface area contributed by atoms with Crippen LogP contribution >= 0.6 is 0 Å². The summed E-state index contributed by atoms with van der Waals surface area (Å²) in [6, 6.07) is 85.0. The third-order valence-electron chi connectivity index (χ3n) is 27.5. The average molecular weight is 1890 g/mol. The van der Waals surface area contributed by atoms with E-state index < -0.39 is 0 Å². The largest absolute Gasteiger partial charge is 0.383 e. The predicted octanol–water partition coefficient (Wildman–Crippen LogP) is 32.3. The van der Waals surface area contributed by atoms with E-state index in [9.17, 15) is 0 Å². The molecule has 143 heavy (non-hydrogen) atoms. The molecule has 0 unspecified atom stereocenters. The van der Waals surface area contributed by atoms with Crippen molar-refractivity contribution < 1.29 is 4.74 Å². The normalized spacial score (nSPS) is 11.3. The van der Waals surface area contributed by atoms with Crippen LogP contribution < -0.4 is 0 Å². The summed E-state index contributed by atoms with van der Waals surface area (Å²) in [7, 11) is 1.73. The molecular formula is C126H134N16O. The van der Waals surface area contributed by atoms with Crippen molar-refractivity contribution >= 4 is 174 Å². The van der Waals surface area contributed by atoms with Crippen LogP contribution in [0.5, 0.6) is 0 Å². The third-order valence-corrected chi connectivity index (χ3v) is 27.5. The molecule has 0 amide bonds. The molecule has 0 aliphatic carbocycles. The van der Waals surface area contributed by atoms with Crippen LogP contribution in [0.3, 0.4) is 0 Å². The average Bonchev–Trinajstić information content (AvgIpc) is 2.37. The summed E-state index contributed by atoms with van der Waals surface area (Å²) >= 11 is 0. The molecule has 16 aromatic heterocycles. The highest BCUT2D eigenvalue weighted by atomic mass is 16.5. The minimum Gasteiger partial charge on any atom is -0.383 e. The van der Waals surface area contributed by atoms with E-state index in [1.54, 1.807) is 7.11 Å². The Hall–Kier alpha value is -15.4. The molecule has 0 atom stereocenters. The monoisotopic (exact) mass is 1890 g/mol. The summed E-state index contributed by atoms with van der Waals surface area (Å²) in [6.07, 6.45) is 60.9. The summed E-state index contributed by atoms with van der Waals surface area (Å²) in [5.74, 6) is 3.32. The van der Waals surface area contributed by atoms with Crippen molar-refractivity contribution in [1.82, 2.24) is 76.4 Å². The fraction of sp³-hybridized carbons (Fsp3) is 0.270. The smallest absolute Gasteiger partial charge is 0.0841 e. The van der Waals surface area contributed by atoms with E-state index in [1.165, 1.54) is 272 Å². The van der Waals surface area contributed by atoms with Gasteiger partial charge in [-0.15, -0.1) is 13.0 Å². The molecule has 0 spiro atoms. The van der Waals surface area contributed by atoms with Gasteiger partial charge in [-0.2, -0.15) is 0 Å². The number of unbranched alkanes of at least 4 members (excludes halogenated alkanes) is 14. The van der Waals surface area contributed by atoms with Crippen LogP contribution in [-0.4, -0.2) is 90.1 Å². The lowest BCUT2D eigenvalue weighted by Gasteiger charge is -2.09. The molecule has 0 saturated heterocycles. The van der Waals surface area contributed by atoms with E-state index in [0.29, 0.717) is 19.1 Å². The van der Waals surface area contributed by atoms with Gasteiger partial charge in [-0.25, -0.2) is 0 Å². The highest BCUT2D eigenvalue weighted by Crippen LogP contribution is 2.37. The van der Waals surface area contributed by atoms with E-state index in [-0.39, 0.29) is 0 Å². The molecule has 16 heterocycles. The minimum absolute atomic E-state index is 0.579.